The first-order valence-electron chi connectivity index (χ1n) is 8.57. The maximum Gasteiger partial charge on any atom is 0.226 e. The molecule has 2 saturated carbocycles. The topological polar surface area (TPSA) is 54.2 Å². The largest absolute Gasteiger partial charge is 0.339 e. The van der Waals surface area contributed by atoms with Crippen molar-refractivity contribution in [2.45, 2.75) is 45.1 Å². The van der Waals surface area contributed by atoms with Gasteiger partial charge in [0.25, 0.3) is 0 Å². The monoisotopic (exact) mass is 290 g/mol. The van der Waals surface area contributed by atoms with Gasteiger partial charge in [-0.3, -0.25) is 4.90 Å². The minimum atomic E-state index is 0.268. The van der Waals surface area contributed by atoms with Crippen molar-refractivity contribution in [1.29, 1.82) is 0 Å². The maximum atomic E-state index is 5.54. The fraction of sp³-hybridized carbons (Fsp3) is 0.875. The lowest BCUT2D eigenvalue weighted by atomic mass is 9.86. The van der Waals surface area contributed by atoms with Gasteiger partial charge in [0.1, 0.15) is 0 Å². The van der Waals surface area contributed by atoms with E-state index < -0.39 is 0 Å². The fourth-order valence-electron chi connectivity index (χ4n) is 4.60. The van der Waals surface area contributed by atoms with E-state index in [1.165, 1.54) is 25.7 Å². The second-order valence-corrected chi connectivity index (χ2v) is 7.15. The number of rotatable bonds is 4. The molecule has 2 heterocycles. The molecule has 116 valence electrons. The summed E-state index contributed by atoms with van der Waals surface area (Å²) in [6.45, 7) is 6.44. The van der Waals surface area contributed by atoms with Crippen LogP contribution in [-0.2, 0) is 6.42 Å². The van der Waals surface area contributed by atoms with Gasteiger partial charge in [0.15, 0.2) is 5.82 Å². The third-order valence-corrected chi connectivity index (χ3v) is 5.88. The molecule has 0 amide bonds. The molecule has 5 heteroatoms. The Morgan fingerprint density at radius 3 is 2.86 bits per heavy atom. The molecule has 2 aliphatic carbocycles. The van der Waals surface area contributed by atoms with Gasteiger partial charge in [-0.05, 0) is 43.9 Å². The zero-order chi connectivity index (χ0) is 14.2. The van der Waals surface area contributed by atoms with Crippen LogP contribution in [0.3, 0.4) is 0 Å². The van der Waals surface area contributed by atoms with E-state index in [1.54, 1.807) is 0 Å². The fourth-order valence-corrected chi connectivity index (χ4v) is 4.60. The quantitative estimate of drug-likeness (QED) is 0.919. The van der Waals surface area contributed by atoms with Crippen LogP contribution in [-0.4, -0.2) is 41.2 Å². The number of aromatic nitrogens is 2. The van der Waals surface area contributed by atoms with Gasteiger partial charge in [0, 0.05) is 32.6 Å². The van der Waals surface area contributed by atoms with Crippen molar-refractivity contribution in [2.24, 2.45) is 17.8 Å². The summed E-state index contributed by atoms with van der Waals surface area (Å²) in [5.41, 5.74) is 0. The molecule has 1 aliphatic heterocycles. The predicted octanol–water partition coefficient (Wildman–Crippen LogP) is 2.01. The van der Waals surface area contributed by atoms with Gasteiger partial charge in [-0.15, -0.1) is 0 Å². The molecule has 21 heavy (non-hydrogen) atoms. The van der Waals surface area contributed by atoms with Crippen molar-refractivity contribution in [1.82, 2.24) is 20.4 Å². The van der Waals surface area contributed by atoms with Crippen molar-refractivity contribution < 1.29 is 4.52 Å². The first-order valence-corrected chi connectivity index (χ1v) is 8.57. The van der Waals surface area contributed by atoms with Crippen LogP contribution in [0, 0.1) is 17.8 Å². The van der Waals surface area contributed by atoms with E-state index in [9.17, 15) is 0 Å². The Morgan fingerprint density at radius 1 is 1.29 bits per heavy atom. The highest BCUT2D eigenvalue weighted by Gasteiger charge is 2.40. The second kappa shape index (κ2) is 5.69. The van der Waals surface area contributed by atoms with Gasteiger partial charge in [-0.1, -0.05) is 11.6 Å². The molecule has 4 rings (SSSR count). The minimum absolute atomic E-state index is 0.268. The Balaban J connectivity index is 1.38. The van der Waals surface area contributed by atoms with Gasteiger partial charge >= 0.3 is 0 Å². The summed E-state index contributed by atoms with van der Waals surface area (Å²) in [7, 11) is 0. The predicted molar refractivity (Wildman–Crippen MR) is 79.8 cm³/mol. The molecular weight excluding hydrogens is 264 g/mol. The third kappa shape index (κ3) is 2.73. The Labute approximate surface area is 126 Å². The summed E-state index contributed by atoms with van der Waals surface area (Å²) >= 11 is 0. The molecule has 3 fully saturated rings. The zero-order valence-electron chi connectivity index (χ0n) is 12.9. The molecule has 0 spiro atoms. The average Bonchev–Trinajstić information content (AvgIpc) is 3.24. The van der Waals surface area contributed by atoms with Crippen LogP contribution in [0.1, 0.15) is 50.4 Å². The first-order chi connectivity index (χ1) is 10.3. The molecule has 0 radical (unpaired) electrons. The lowest BCUT2D eigenvalue weighted by Gasteiger charge is -2.30. The summed E-state index contributed by atoms with van der Waals surface area (Å²) in [5, 5.41) is 7.63. The summed E-state index contributed by atoms with van der Waals surface area (Å²) in [5.74, 6) is 4.45. The van der Waals surface area contributed by atoms with Gasteiger partial charge in [-0.2, -0.15) is 4.98 Å². The molecule has 3 aliphatic rings. The van der Waals surface area contributed by atoms with Crippen LogP contribution < -0.4 is 5.32 Å². The molecule has 4 atom stereocenters. The van der Waals surface area contributed by atoms with Gasteiger partial charge in [0.2, 0.25) is 5.89 Å². The van der Waals surface area contributed by atoms with Crippen LogP contribution >= 0.6 is 0 Å². The van der Waals surface area contributed by atoms with E-state index >= 15 is 0 Å². The van der Waals surface area contributed by atoms with Crippen LogP contribution in [0.4, 0.5) is 0 Å². The summed E-state index contributed by atoms with van der Waals surface area (Å²) in [6, 6.07) is 0.268. The van der Waals surface area contributed by atoms with Gasteiger partial charge in [0.05, 0.1) is 6.04 Å². The Kier molecular flexibility index (Phi) is 3.71. The summed E-state index contributed by atoms with van der Waals surface area (Å²) in [6.07, 6.45) is 6.71. The van der Waals surface area contributed by atoms with Crippen molar-refractivity contribution >= 4 is 0 Å². The highest BCUT2D eigenvalue weighted by molar-refractivity contribution is 4.98. The first kappa shape index (κ1) is 13.7. The Morgan fingerprint density at radius 2 is 2.14 bits per heavy atom. The highest BCUT2D eigenvalue weighted by atomic mass is 16.5. The second-order valence-electron chi connectivity index (χ2n) is 7.15. The SMILES string of the molecule is CC(c1noc(CC2CC3CCC2C3)n1)N1CCNCC1. The van der Waals surface area contributed by atoms with Crippen LogP contribution in [0.5, 0.6) is 0 Å². The molecule has 0 aromatic carbocycles. The van der Waals surface area contributed by atoms with E-state index in [-0.39, 0.29) is 6.04 Å². The number of hydrogen-bond donors (Lipinski definition) is 1. The third-order valence-electron chi connectivity index (χ3n) is 5.88. The van der Waals surface area contributed by atoms with Crippen molar-refractivity contribution in [3.05, 3.63) is 11.7 Å². The molecule has 1 saturated heterocycles. The van der Waals surface area contributed by atoms with Crippen LogP contribution in [0.25, 0.3) is 0 Å². The zero-order valence-corrected chi connectivity index (χ0v) is 12.9. The van der Waals surface area contributed by atoms with E-state index in [4.69, 9.17) is 9.51 Å². The molecule has 4 unspecified atom stereocenters. The molecular formula is C16H26N4O. The Hall–Kier alpha value is -0.940. The molecule has 2 bridgehead atoms. The van der Waals surface area contributed by atoms with Crippen molar-refractivity contribution in [2.75, 3.05) is 26.2 Å². The molecule has 1 aromatic heterocycles. The highest BCUT2D eigenvalue weighted by Crippen LogP contribution is 2.49. The van der Waals surface area contributed by atoms with Crippen molar-refractivity contribution in [3.8, 4) is 0 Å². The van der Waals surface area contributed by atoms with Gasteiger partial charge in [-0.25, -0.2) is 0 Å². The van der Waals surface area contributed by atoms with E-state index in [1.807, 2.05) is 0 Å². The lowest BCUT2D eigenvalue weighted by molar-refractivity contribution is 0.176. The minimum Gasteiger partial charge on any atom is -0.339 e. The number of fused-ring (bicyclic) bond motifs is 2. The standard InChI is InChI=1S/C16H26N4O/c1-11(20-6-4-17-5-7-20)16-18-15(21-19-16)10-14-9-12-2-3-13(14)8-12/h11-14,17H,2-10H2,1H3. The summed E-state index contributed by atoms with van der Waals surface area (Å²) < 4.78 is 5.54. The number of nitrogens with zero attached hydrogens (tertiary/aromatic N) is 3. The van der Waals surface area contributed by atoms with E-state index in [2.05, 4.69) is 22.3 Å². The number of piperazine rings is 1. The maximum absolute atomic E-state index is 5.54. The average molecular weight is 290 g/mol. The summed E-state index contributed by atoms with van der Waals surface area (Å²) in [4.78, 5) is 7.13. The number of nitrogens with one attached hydrogen (secondary N) is 1. The smallest absolute Gasteiger partial charge is 0.226 e. The molecule has 1 aromatic rings. The van der Waals surface area contributed by atoms with Crippen LogP contribution in [0.2, 0.25) is 0 Å². The normalized spacial score (nSPS) is 34.4. The van der Waals surface area contributed by atoms with Crippen LogP contribution in [0.15, 0.2) is 4.52 Å². The Bertz CT molecular complexity index is 482. The lowest BCUT2D eigenvalue weighted by Crippen LogP contribution is -2.44. The number of hydrogen-bond acceptors (Lipinski definition) is 5. The molecule has 1 N–H and O–H groups in total. The van der Waals surface area contributed by atoms with E-state index in [0.717, 1.165) is 62.1 Å². The molecule has 5 nitrogen and oxygen atoms in total. The van der Waals surface area contributed by atoms with E-state index in [0.29, 0.717) is 0 Å². The van der Waals surface area contributed by atoms with Crippen molar-refractivity contribution in [3.63, 3.8) is 0 Å². The van der Waals surface area contributed by atoms with Gasteiger partial charge < -0.3 is 9.84 Å².